The van der Waals surface area contributed by atoms with Gasteiger partial charge in [0, 0.05) is 18.5 Å². The predicted molar refractivity (Wildman–Crippen MR) is 73.0 cm³/mol. The standard InChI is InChI=1S/C16H23NO3/c18-14-2-1-13(15(19)20)9-17(14)16-6-10-3-11(7-16)5-12(4-10)8-16/h10-13H,1-9H2,(H,19,20). The van der Waals surface area contributed by atoms with E-state index in [4.69, 9.17) is 0 Å². The average molecular weight is 277 g/mol. The summed E-state index contributed by atoms with van der Waals surface area (Å²) in [4.78, 5) is 25.7. The third kappa shape index (κ3) is 1.80. The number of aliphatic carboxylic acids is 1. The highest BCUT2D eigenvalue weighted by Crippen LogP contribution is 2.58. The van der Waals surface area contributed by atoms with Crippen LogP contribution in [0, 0.1) is 23.7 Å². The highest BCUT2D eigenvalue weighted by molar-refractivity contribution is 5.81. The lowest BCUT2D eigenvalue weighted by Gasteiger charge is -2.61. The molecule has 1 aliphatic heterocycles. The Morgan fingerprint density at radius 1 is 1.10 bits per heavy atom. The SMILES string of the molecule is O=C(O)C1CCC(=O)N(C23CC4CC(CC(C4)C2)C3)C1. The van der Waals surface area contributed by atoms with Crippen LogP contribution in [-0.4, -0.2) is 34.0 Å². The third-order valence-corrected chi connectivity index (χ3v) is 6.34. The number of hydrogen-bond donors (Lipinski definition) is 1. The van der Waals surface area contributed by atoms with Gasteiger partial charge in [0.1, 0.15) is 0 Å². The molecule has 20 heavy (non-hydrogen) atoms. The second-order valence-electron chi connectivity index (χ2n) is 7.72. The Bertz CT molecular complexity index is 423. The number of carboxylic acids is 1. The summed E-state index contributed by atoms with van der Waals surface area (Å²) < 4.78 is 0. The maximum Gasteiger partial charge on any atom is 0.308 e. The summed E-state index contributed by atoms with van der Waals surface area (Å²) in [5.41, 5.74) is 0.0277. The van der Waals surface area contributed by atoms with Gasteiger partial charge in [0.25, 0.3) is 0 Å². The highest BCUT2D eigenvalue weighted by atomic mass is 16.4. The van der Waals surface area contributed by atoms with Crippen molar-refractivity contribution in [1.29, 1.82) is 0 Å². The van der Waals surface area contributed by atoms with Crippen LogP contribution in [0.3, 0.4) is 0 Å². The van der Waals surface area contributed by atoms with E-state index in [1.165, 1.54) is 19.3 Å². The number of likely N-dealkylation sites (tertiary alicyclic amines) is 1. The lowest BCUT2D eigenvalue weighted by Crippen LogP contribution is -2.63. The molecule has 1 saturated heterocycles. The zero-order chi connectivity index (χ0) is 13.9. The van der Waals surface area contributed by atoms with E-state index >= 15 is 0 Å². The molecule has 1 N–H and O–H groups in total. The minimum absolute atomic E-state index is 0.0277. The molecule has 4 heteroatoms. The number of rotatable bonds is 2. The topological polar surface area (TPSA) is 57.6 Å². The number of carbonyl (C=O) groups is 2. The first-order valence-corrected chi connectivity index (χ1v) is 8.09. The van der Waals surface area contributed by atoms with Crippen molar-refractivity contribution in [3.8, 4) is 0 Å². The highest BCUT2D eigenvalue weighted by Gasteiger charge is 2.55. The number of hydrogen-bond acceptors (Lipinski definition) is 2. The number of carbonyl (C=O) groups excluding carboxylic acids is 1. The average Bonchev–Trinajstić information content (AvgIpc) is 2.37. The van der Waals surface area contributed by atoms with E-state index in [2.05, 4.69) is 0 Å². The van der Waals surface area contributed by atoms with Gasteiger partial charge in [-0.3, -0.25) is 9.59 Å². The molecule has 4 saturated carbocycles. The van der Waals surface area contributed by atoms with Crippen LogP contribution in [0.4, 0.5) is 0 Å². The van der Waals surface area contributed by atoms with Gasteiger partial charge in [-0.15, -0.1) is 0 Å². The largest absolute Gasteiger partial charge is 0.481 e. The van der Waals surface area contributed by atoms with E-state index in [0.717, 1.165) is 37.0 Å². The van der Waals surface area contributed by atoms with E-state index in [1.807, 2.05) is 4.90 Å². The van der Waals surface area contributed by atoms with Gasteiger partial charge >= 0.3 is 5.97 Å². The van der Waals surface area contributed by atoms with Crippen molar-refractivity contribution in [2.24, 2.45) is 23.7 Å². The minimum atomic E-state index is -0.729. The molecule has 5 fully saturated rings. The monoisotopic (exact) mass is 277 g/mol. The predicted octanol–water partition coefficient (Wildman–Crippen LogP) is 2.28. The van der Waals surface area contributed by atoms with Crippen molar-refractivity contribution in [2.75, 3.05) is 6.54 Å². The first-order chi connectivity index (χ1) is 9.56. The van der Waals surface area contributed by atoms with Crippen molar-refractivity contribution in [1.82, 2.24) is 4.90 Å². The summed E-state index contributed by atoms with van der Waals surface area (Å²) in [6.45, 7) is 0.459. The van der Waals surface area contributed by atoms with E-state index < -0.39 is 5.97 Å². The van der Waals surface area contributed by atoms with Gasteiger partial charge in [0.2, 0.25) is 5.91 Å². The van der Waals surface area contributed by atoms with Crippen LogP contribution in [0.5, 0.6) is 0 Å². The normalized spacial score (nSPS) is 46.8. The molecule has 110 valence electrons. The smallest absolute Gasteiger partial charge is 0.308 e. The molecule has 1 heterocycles. The van der Waals surface area contributed by atoms with Crippen molar-refractivity contribution in [2.45, 2.75) is 56.9 Å². The lowest BCUT2D eigenvalue weighted by molar-refractivity contribution is -0.162. The third-order valence-electron chi connectivity index (χ3n) is 6.34. The lowest BCUT2D eigenvalue weighted by atomic mass is 9.52. The summed E-state index contributed by atoms with van der Waals surface area (Å²) in [5, 5.41) is 9.29. The fraction of sp³-hybridized carbons (Fsp3) is 0.875. The van der Waals surface area contributed by atoms with Crippen LogP contribution in [0.15, 0.2) is 0 Å². The molecule has 4 aliphatic carbocycles. The number of nitrogens with zero attached hydrogens (tertiary/aromatic N) is 1. The second-order valence-corrected chi connectivity index (χ2v) is 7.72. The Balaban J connectivity index is 1.62. The zero-order valence-corrected chi connectivity index (χ0v) is 11.9. The Morgan fingerprint density at radius 3 is 2.15 bits per heavy atom. The summed E-state index contributed by atoms with van der Waals surface area (Å²) in [6, 6.07) is 0. The van der Waals surface area contributed by atoms with Crippen LogP contribution in [0.2, 0.25) is 0 Å². The summed E-state index contributed by atoms with van der Waals surface area (Å²) in [7, 11) is 0. The molecule has 5 aliphatic rings. The van der Waals surface area contributed by atoms with Gasteiger partial charge in [0.15, 0.2) is 0 Å². The summed E-state index contributed by atoms with van der Waals surface area (Å²) in [5.74, 6) is 1.51. The molecule has 1 atom stereocenters. The maximum absolute atomic E-state index is 12.4. The maximum atomic E-state index is 12.4. The van der Waals surface area contributed by atoms with Crippen LogP contribution in [0.1, 0.15) is 51.4 Å². The Hall–Kier alpha value is -1.06. The molecular weight excluding hydrogens is 254 g/mol. The fourth-order valence-electron chi connectivity index (χ4n) is 5.90. The minimum Gasteiger partial charge on any atom is -0.481 e. The molecule has 4 nitrogen and oxygen atoms in total. The first kappa shape index (κ1) is 12.7. The van der Waals surface area contributed by atoms with E-state index in [0.29, 0.717) is 19.4 Å². The molecule has 0 aromatic heterocycles. The molecule has 0 radical (unpaired) electrons. The van der Waals surface area contributed by atoms with Crippen molar-refractivity contribution in [3.63, 3.8) is 0 Å². The first-order valence-electron chi connectivity index (χ1n) is 8.09. The molecule has 0 aromatic carbocycles. The van der Waals surface area contributed by atoms with E-state index in [-0.39, 0.29) is 17.4 Å². The number of carboxylic acid groups (broad SMARTS) is 1. The molecular formula is C16H23NO3. The van der Waals surface area contributed by atoms with Gasteiger partial charge in [0.05, 0.1) is 5.92 Å². The Morgan fingerprint density at radius 2 is 1.65 bits per heavy atom. The van der Waals surface area contributed by atoms with E-state index in [9.17, 15) is 14.7 Å². The molecule has 4 bridgehead atoms. The van der Waals surface area contributed by atoms with Crippen LogP contribution < -0.4 is 0 Å². The summed E-state index contributed by atoms with van der Waals surface area (Å²) in [6.07, 6.45) is 8.41. The van der Waals surface area contributed by atoms with Crippen LogP contribution in [0.25, 0.3) is 0 Å². The van der Waals surface area contributed by atoms with Gasteiger partial charge in [-0.05, 0) is 62.7 Å². The Labute approximate surface area is 119 Å². The van der Waals surface area contributed by atoms with Crippen molar-refractivity contribution < 1.29 is 14.7 Å². The summed E-state index contributed by atoms with van der Waals surface area (Å²) >= 11 is 0. The van der Waals surface area contributed by atoms with Crippen LogP contribution >= 0.6 is 0 Å². The van der Waals surface area contributed by atoms with Crippen molar-refractivity contribution >= 4 is 11.9 Å². The Kier molecular flexibility index (Phi) is 2.67. The molecule has 0 aromatic rings. The quantitative estimate of drug-likeness (QED) is 0.842. The fourth-order valence-corrected chi connectivity index (χ4v) is 5.90. The van der Waals surface area contributed by atoms with Gasteiger partial charge in [-0.1, -0.05) is 0 Å². The number of amides is 1. The van der Waals surface area contributed by atoms with Gasteiger partial charge in [-0.25, -0.2) is 0 Å². The molecule has 5 rings (SSSR count). The van der Waals surface area contributed by atoms with Gasteiger partial charge in [-0.2, -0.15) is 0 Å². The molecule has 1 unspecified atom stereocenters. The molecule has 1 amide bonds. The van der Waals surface area contributed by atoms with Crippen LogP contribution in [-0.2, 0) is 9.59 Å². The zero-order valence-electron chi connectivity index (χ0n) is 11.9. The van der Waals surface area contributed by atoms with Gasteiger partial charge < -0.3 is 10.0 Å². The number of piperidine rings is 1. The second kappa shape index (κ2) is 4.22. The van der Waals surface area contributed by atoms with Crippen molar-refractivity contribution in [3.05, 3.63) is 0 Å². The van der Waals surface area contributed by atoms with E-state index in [1.54, 1.807) is 0 Å². The molecule has 0 spiro atoms.